The molecule has 1 saturated heterocycles. The molecule has 1 aliphatic heterocycles. The van der Waals surface area contributed by atoms with Crippen LogP contribution in [0.5, 0.6) is 0 Å². The first-order chi connectivity index (χ1) is 11.2. The third kappa shape index (κ3) is 2.74. The van der Waals surface area contributed by atoms with Gasteiger partial charge in [0.05, 0.1) is 5.56 Å². The van der Waals surface area contributed by atoms with E-state index in [2.05, 4.69) is 26.2 Å². The Labute approximate surface area is 146 Å². The van der Waals surface area contributed by atoms with Crippen molar-refractivity contribution in [3.8, 4) is 0 Å². The zero-order valence-corrected chi connectivity index (χ0v) is 14.4. The number of aromatic nitrogens is 1. The van der Waals surface area contributed by atoms with Gasteiger partial charge in [-0.2, -0.15) is 13.2 Å². The zero-order chi connectivity index (χ0) is 17.6. The highest BCUT2D eigenvalue weighted by molar-refractivity contribution is 9.10. The molecule has 128 valence electrons. The molecule has 1 unspecified atom stereocenters. The smallest absolute Gasteiger partial charge is 0.380 e. The summed E-state index contributed by atoms with van der Waals surface area (Å²) in [4.78, 5) is 4.10. The van der Waals surface area contributed by atoms with Gasteiger partial charge < -0.3 is 10.4 Å². The Morgan fingerprint density at radius 2 is 1.67 bits per heavy atom. The van der Waals surface area contributed by atoms with Crippen molar-refractivity contribution >= 4 is 15.9 Å². The number of nitrogens with one attached hydrogen (secondary N) is 1. The van der Waals surface area contributed by atoms with Crippen LogP contribution in [0.2, 0.25) is 0 Å². The van der Waals surface area contributed by atoms with Crippen molar-refractivity contribution in [2.75, 3.05) is 13.1 Å². The summed E-state index contributed by atoms with van der Waals surface area (Å²) in [7, 11) is 0. The number of benzene rings is 1. The van der Waals surface area contributed by atoms with Crippen LogP contribution >= 0.6 is 15.9 Å². The predicted octanol–water partition coefficient (Wildman–Crippen LogP) is 3.71. The molecule has 0 radical (unpaired) electrons. The Kier molecular flexibility index (Phi) is 4.22. The highest BCUT2D eigenvalue weighted by Gasteiger charge is 2.53. The van der Waals surface area contributed by atoms with E-state index >= 15 is 0 Å². The van der Waals surface area contributed by atoms with Crippen LogP contribution in [0.4, 0.5) is 13.2 Å². The summed E-state index contributed by atoms with van der Waals surface area (Å²) in [5, 5.41) is 14.7. The fourth-order valence-corrected chi connectivity index (χ4v) is 3.49. The molecular weight excluding hydrogens is 385 g/mol. The molecule has 1 aromatic carbocycles. The van der Waals surface area contributed by atoms with Gasteiger partial charge in [-0.25, -0.2) is 0 Å². The SMILES string of the molecule is CC1(C(O)(c2ccc(C(F)(F)F)cc2)c2cncc(Br)c2)CNC1. The second-order valence-corrected chi connectivity index (χ2v) is 7.26. The summed E-state index contributed by atoms with van der Waals surface area (Å²) in [5.74, 6) is 0. The van der Waals surface area contributed by atoms with Crippen molar-refractivity contribution in [1.82, 2.24) is 10.3 Å². The van der Waals surface area contributed by atoms with Crippen molar-refractivity contribution in [3.05, 3.63) is 63.9 Å². The average molecular weight is 401 g/mol. The Hall–Kier alpha value is -1.44. The fraction of sp³-hybridized carbons (Fsp3) is 0.353. The second kappa shape index (κ2) is 5.82. The molecule has 0 amide bonds. The minimum absolute atomic E-state index is 0.416. The van der Waals surface area contributed by atoms with E-state index in [9.17, 15) is 18.3 Å². The van der Waals surface area contributed by atoms with E-state index in [0.29, 0.717) is 28.7 Å². The summed E-state index contributed by atoms with van der Waals surface area (Å²) < 4.78 is 39.1. The molecule has 7 heteroatoms. The first-order valence-corrected chi connectivity index (χ1v) is 8.18. The van der Waals surface area contributed by atoms with Gasteiger partial charge in [-0.1, -0.05) is 19.1 Å². The van der Waals surface area contributed by atoms with Gasteiger partial charge in [0.2, 0.25) is 0 Å². The molecule has 2 N–H and O–H groups in total. The summed E-state index contributed by atoms with van der Waals surface area (Å²) >= 11 is 3.33. The number of hydrogen-bond donors (Lipinski definition) is 2. The molecule has 2 aromatic rings. The van der Waals surface area contributed by atoms with Crippen LogP contribution in [-0.2, 0) is 11.8 Å². The van der Waals surface area contributed by atoms with Crippen LogP contribution in [0.25, 0.3) is 0 Å². The average Bonchev–Trinajstić information content (AvgIpc) is 2.51. The topological polar surface area (TPSA) is 45.2 Å². The molecule has 3 nitrogen and oxygen atoms in total. The molecule has 1 aliphatic rings. The van der Waals surface area contributed by atoms with Crippen LogP contribution in [0, 0.1) is 5.41 Å². The largest absolute Gasteiger partial charge is 0.416 e. The van der Waals surface area contributed by atoms with Crippen molar-refractivity contribution in [1.29, 1.82) is 0 Å². The zero-order valence-electron chi connectivity index (χ0n) is 12.9. The van der Waals surface area contributed by atoms with Crippen LogP contribution in [0.1, 0.15) is 23.6 Å². The number of rotatable bonds is 3. The summed E-state index contributed by atoms with van der Waals surface area (Å²) in [6, 6.07) is 6.43. The molecule has 24 heavy (non-hydrogen) atoms. The minimum Gasteiger partial charge on any atom is -0.380 e. The summed E-state index contributed by atoms with van der Waals surface area (Å²) in [6.07, 6.45) is -1.26. The molecule has 0 bridgehead atoms. The maximum atomic E-state index is 12.8. The van der Waals surface area contributed by atoms with Gasteiger partial charge in [-0.15, -0.1) is 0 Å². The Morgan fingerprint density at radius 1 is 1.08 bits per heavy atom. The number of hydrogen-bond acceptors (Lipinski definition) is 3. The van der Waals surface area contributed by atoms with Gasteiger partial charge in [0.15, 0.2) is 0 Å². The quantitative estimate of drug-likeness (QED) is 0.825. The number of pyridine rings is 1. The van der Waals surface area contributed by atoms with Crippen LogP contribution in [-0.4, -0.2) is 23.2 Å². The molecule has 0 spiro atoms. The molecule has 2 heterocycles. The molecule has 1 fully saturated rings. The minimum atomic E-state index is -4.41. The van der Waals surface area contributed by atoms with Gasteiger partial charge >= 0.3 is 6.18 Å². The van der Waals surface area contributed by atoms with E-state index in [1.54, 1.807) is 18.5 Å². The van der Waals surface area contributed by atoms with E-state index in [1.807, 2.05) is 6.92 Å². The second-order valence-electron chi connectivity index (χ2n) is 6.34. The lowest BCUT2D eigenvalue weighted by Gasteiger charge is -2.52. The number of nitrogens with zero attached hydrogens (tertiary/aromatic N) is 1. The van der Waals surface area contributed by atoms with Crippen molar-refractivity contribution in [3.63, 3.8) is 0 Å². The number of halogens is 4. The predicted molar refractivity (Wildman–Crippen MR) is 87.4 cm³/mol. The Bertz CT molecular complexity index is 744. The van der Waals surface area contributed by atoms with Gasteiger partial charge in [0.25, 0.3) is 0 Å². The molecule has 0 saturated carbocycles. The lowest BCUT2D eigenvalue weighted by atomic mass is 9.63. The molecule has 1 atom stereocenters. The molecular formula is C17H16BrF3N2O. The molecule has 0 aliphatic carbocycles. The standard InChI is InChI=1S/C17H16BrF3N2O/c1-15(9-23-10-15)16(24,13-6-14(18)8-22-7-13)11-2-4-12(5-3-11)17(19,20)21/h2-8,23-24H,9-10H2,1H3. The van der Waals surface area contributed by atoms with Crippen LogP contribution < -0.4 is 5.32 Å². The van der Waals surface area contributed by atoms with Crippen molar-refractivity contribution in [2.24, 2.45) is 5.41 Å². The summed E-state index contributed by atoms with van der Waals surface area (Å²) in [5.41, 5.74) is -1.77. The third-order valence-electron chi connectivity index (χ3n) is 4.66. The maximum Gasteiger partial charge on any atom is 0.416 e. The normalized spacial score (nSPS) is 19.4. The van der Waals surface area contributed by atoms with E-state index in [4.69, 9.17) is 0 Å². The highest BCUT2D eigenvalue weighted by atomic mass is 79.9. The Balaban J connectivity index is 2.12. The molecule has 3 rings (SSSR count). The lowest BCUT2D eigenvalue weighted by molar-refractivity contribution is -0.137. The van der Waals surface area contributed by atoms with Gasteiger partial charge in [-0.3, -0.25) is 4.98 Å². The van der Waals surface area contributed by atoms with Gasteiger partial charge in [-0.05, 0) is 39.7 Å². The maximum absolute atomic E-state index is 12.8. The summed E-state index contributed by atoms with van der Waals surface area (Å²) in [6.45, 7) is 3.01. The van der Waals surface area contributed by atoms with Crippen molar-refractivity contribution in [2.45, 2.75) is 18.7 Å². The van der Waals surface area contributed by atoms with E-state index < -0.39 is 22.8 Å². The first-order valence-electron chi connectivity index (χ1n) is 7.39. The third-order valence-corrected chi connectivity index (χ3v) is 5.09. The fourth-order valence-electron chi connectivity index (χ4n) is 3.13. The van der Waals surface area contributed by atoms with Crippen LogP contribution in [0.15, 0.2) is 47.2 Å². The molecule has 1 aromatic heterocycles. The van der Waals surface area contributed by atoms with E-state index in [0.717, 1.165) is 12.1 Å². The van der Waals surface area contributed by atoms with E-state index in [-0.39, 0.29) is 0 Å². The van der Waals surface area contributed by atoms with Crippen LogP contribution in [0.3, 0.4) is 0 Å². The van der Waals surface area contributed by atoms with Gasteiger partial charge in [0, 0.05) is 40.9 Å². The lowest BCUT2D eigenvalue weighted by Crippen LogP contribution is -2.63. The first kappa shape index (κ1) is 17.4. The van der Waals surface area contributed by atoms with E-state index in [1.165, 1.54) is 12.1 Å². The monoisotopic (exact) mass is 400 g/mol. The van der Waals surface area contributed by atoms with Crippen molar-refractivity contribution < 1.29 is 18.3 Å². The van der Waals surface area contributed by atoms with Gasteiger partial charge in [0.1, 0.15) is 5.60 Å². The Morgan fingerprint density at radius 3 is 2.12 bits per heavy atom. The number of aliphatic hydroxyl groups is 1. The number of alkyl halides is 3. The highest BCUT2D eigenvalue weighted by Crippen LogP contribution is 2.48.